The summed E-state index contributed by atoms with van der Waals surface area (Å²) in [5.74, 6) is 4.96. The van der Waals surface area contributed by atoms with Gasteiger partial charge in [0, 0.05) is 11.3 Å². The molecular weight excluding hydrogens is 316 g/mol. The topological polar surface area (TPSA) is 13.1 Å². The maximum absolute atomic E-state index is 6.15. The minimum atomic E-state index is 0.657. The van der Waals surface area contributed by atoms with Crippen LogP contribution < -0.4 is 0 Å². The third-order valence-corrected chi connectivity index (χ3v) is 7.39. The minimum absolute atomic E-state index is 0.657. The zero-order chi connectivity index (χ0) is 17.8. The summed E-state index contributed by atoms with van der Waals surface area (Å²) in [6, 6.07) is 10.8. The Kier molecular flexibility index (Phi) is 6.02. The molecule has 4 rings (SSSR count). The van der Waals surface area contributed by atoms with Crippen molar-refractivity contribution in [2.75, 3.05) is 0 Å². The van der Waals surface area contributed by atoms with Crippen LogP contribution in [0.5, 0.6) is 0 Å². The van der Waals surface area contributed by atoms with Gasteiger partial charge >= 0.3 is 0 Å². The number of fused-ring (bicyclic) bond motifs is 1. The van der Waals surface area contributed by atoms with E-state index < -0.39 is 0 Å². The molecule has 0 atom stereocenters. The molecular formula is C25H36O. The van der Waals surface area contributed by atoms with Gasteiger partial charge in [0.2, 0.25) is 0 Å². The summed E-state index contributed by atoms with van der Waals surface area (Å²) in [6.07, 6.45) is 17.3. The Labute approximate surface area is 159 Å². The second kappa shape index (κ2) is 8.63. The van der Waals surface area contributed by atoms with Gasteiger partial charge in [0.05, 0.1) is 0 Å². The molecule has 2 aliphatic rings. The first-order valence-electron chi connectivity index (χ1n) is 11.3. The molecule has 0 N–H and O–H groups in total. The van der Waals surface area contributed by atoms with Crippen LogP contribution in [0.15, 0.2) is 34.7 Å². The van der Waals surface area contributed by atoms with Crippen LogP contribution in [0.1, 0.15) is 95.7 Å². The van der Waals surface area contributed by atoms with Crippen LogP contribution in [0.3, 0.4) is 0 Å². The van der Waals surface area contributed by atoms with Crippen LogP contribution in [0.25, 0.3) is 11.0 Å². The molecule has 2 saturated carbocycles. The highest BCUT2D eigenvalue weighted by atomic mass is 16.3. The van der Waals surface area contributed by atoms with Crippen molar-refractivity contribution in [2.24, 2.45) is 17.8 Å². The van der Waals surface area contributed by atoms with Crippen LogP contribution in [0.2, 0.25) is 0 Å². The van der Waals surface area contributed by atoms with Gasteiger partial charge in [-0.2, -0.15) is 0 Å². The second-order valence-corrected chi connectivity index (χ2v) is 9.07. The summed E-state index contributed by atoms with van der Waals surface area (Å²) >= 11 is 0. The highest BCUT2D eigenvalue weighted by molar-refractivity contribution is 5.77. The van der Waals surface area contributed by atoms with Gasteiger partial charge in [-0.05, 0) is 68.4 Å². The Morgan fingerprint density at radius 1 is 0.846 bits per heavy atom. The fraction of sp³-hybridized carbons (Fsp3) is 0.680. The Balaban J connectivity index is 1.25. The molecule has 26 heavy (non-hydrogen) atoms. The minimum Gasteiger partial charge on any atom is -0.461 e. The van der Waals surface area contributed by atoms with E-state index in [2.05, 4.69) is 37.3 Å². The average molecular weight is 353 g/mol. The molecule has 142 valence electrons. The third-order valence-electron chi connectivity index (χ3n) is 7.39. The van der Waals surface area contributed by atoms with E-state index >= 15 is 0 Å². The molecule has 0 aliphatic heterocycles. The van der Waals surface area contributed by atoms with Crippen LogP contribution in [0.4, 0.5) is 0 Å². The normalized spacial score (nSPS) is 29.9. The molecule has 2 aliphatic carbocycles. The van der Waals surface area contributed by atoms with Gasteiger partial charge in [0.1, 0.15) is 11.3 Å². The Morgan fingerprint density at radius 2 is 1.54 bits per heavy atom. The van der Waals surface area contributed by atoms with E-state index in [0.29, 0.717) is 5.92 Å². The van der Waals surface area contributed by atoms with Crippen LogP contribution in [0, 0.1) is 17.8 Å². The number of furan rings is 1. The van der Waals surface area contributed by atoms with E-state index in [1.807, 2.05) is 0 Å². The van der Waals surface area contributed by atoms with Gasteiger partial charge in [-0.25, -0.2) is 0 Å². The molecule has 0 unspecified atom stereocenters. The van der Waals surface area contributed by atoms with Crippen LogP contribution >= 0.6 is 0 Å². The summed E-state index contributed by atoms with van der Waals surface area (Å²) in [6.45, 7) is 2.32. The predicted molar refractivity (Wildman–Crippen MR) is 111 cm³/mol. The summed E-state index contributed by atoms with van der Waals surface area (Å²) < 4.78 is 6.15. The lowest BCUT2D eigenvalue weighted by Crippen LogP contribution is -2.25. The first kappa shape index (κ1) is 18.1. The van der Waals surface area contributed by atoms with Gasteiger partial charge in [-0.15, -0.1) is 0 Å². The maximum Gasteiger partial charge on any atom is 0.134 e. The van der Waals surface area contributed by atoms with Crippen molar-refractivity contribution in [3.63, 3.8) is 0 Å². The van der Waals surface area contributed by atoms with Crippen molar-refractivity contribution in [3.8, 4) is 0 Å². The summed E-state index contributed by atoms with van der Waals surface area (Å²) in [7, 11) is 0. The number of unbranched alkanes of at least 4 members (excludes halogenated alkanes) is 2. The van der Waals surface area contributed by atoms with Crippen molar-refractivity contribution in [3.05, 3.63) is 36.1 Å². The smallest absolute Gasteiger partial charge is 0.134 e. The molecule has 2 fully saturated rings. The lowest BCUT2D eigenvalue weighted by molar-refractivity contribution is 0.152. The Hall–Kier alpha value is -1.24. The summed E-state index contributed by atoms with van der Waals surface area (Å²) in [5.41, 5.74) is 1.06. The fourth-order valence-electron chi connectivity index (χ4n) is 5.71. The molecule has 0 saturated heterocycles. The van der Waals surface area contributed by atoms with Gasteiger partial charge in [0.25, 0.3) is 0 Å². The number of rotatable bonds is 6. The Bertz CT molecular complexity index is 635. The van der Waals surface area contributed by atoms with E-state index in [1.165, 1.54) is 88.2 Å². The van der Waals surface area contributed by atoms with Gasteiger partial charge in [-0.1, -0.05) is 63.6 Å². The highest BCUT2D eigenvalue weighted by Crippen LogP contribution is 2.45. The molecule has 0 radical (unpaired) electrons. The fourth-order valence-corrected chi connectivity index (χ4v) is 5.71. The average Bonchev–Trinajstić information content (AvgIpc) is 3.13. The Morgan fingerprint density at radius 3 is 2.23 bits per heavy atom. The van der Waals surface area contributed by atoms with Crippen molar-refractivity contribution in [1.29, 1.82) is 0 Å². The highest BCUT2D eigenvalue weighted by Gasteiger charge is 2.32. The number of benzene rings is 1. The van der Waals surface area contributed by atoms with Crippen LogP contribution in [-0.2, 0) is 0 Å². The number of hydrogen-bond donors (Lipinski definition) is 0. The monoisotopic (exact) mass is 352 g/mol. The SMILES string of the molecule is CCCCCC1CCC(C2CCC(c3cc4ccccc4o3)CC2)CC1. The zero-order valence-corrected chi connectivity index (χ0v) is 16.6. The van der Waals surface area contributed by atoms with E-state index in [0.717, 1.165) is 23.3 Å². The first-order valence-corrected chi connectivity index (χ1v) is 11.3. The van der Waals surface area contributed by atoms with Gasteiger partial charge in [0.15, 0.2) is 0 Å². The molecule has 1 heteroatoms. The van der Waals surface area contributed by atoms with E-state index in [4.69, 9.17) is 4.42 Å². The lowest BCUT2D eigenvalue weighted by atomic mass is 9.68. The van der Waals surface area contributed by atoms with Crippen molar-refractivity contribution in [2.45, 2.75) is 89.9 Å². The van der Waals surface area contributed by atoms with Crippen LogP contribution in [-0.4, -0.2) is 0 Å². The van der Waals surface area contributed by atoms with E-state index in [-0.39, 0.29) is 0 Å². The maximum atomic E-state index is 6.15. The lowest BCUT2D eigenvalue weighted by Gasteiger charge is -2.37. The number of hydrogen-bond acceptors (Lipinski definition) is 1. The molecule has 1 aromatic heterocycles. The van der Waals surface area contributed by atoms with Crippen molar-refractivity contribution < 1.29 is 4.42 Å². The standard InChI is InChI=1S/C25H36O/c1-2-3-4-7-19-10-12-20(13-11-19)21-14-16-22(17-15-21)25-18-23-8-5-6-9-24(23)26-25/h5-6,8-9,18-22H,2-4,7,10-17H2,1H3. The zero-order valence-electron chi connectivity index (χ0n) is 16.6. The second-order valence-electron chi connectivity index (χ2n) is 9.07. The van der Waals surface area contributed by atoms with Crippen molar-refractivity contribution >= 4 is 11.0 Å². The van der Waals surface area contributed by atoms with Gasteiger partial charge < -0.3 is 4.42 Å². The third kappa shape index (κ3) is 4.18. The molecule has 0 spiro atoms. The molecule has 1 heterocycles. The molecule has 0 bridgehead atoms. The number of para-hydroxylation sites is 1. The van der Waals surface area contributed by atoms with E-state index in [1.54, 1.807) is 0 Å². The quantitative estimate of drug-likeness (QED) is 0.479. The van der Waals surface area contributed by atoms with Crippen molar-refractivity contribution in [1.82, 2.24) is 0 Å². The van der Waals surface area contributed by atoms with E-state index in [9.17, 15) is 0 Å². The van der Waals surface area contributed by atoms with Gasteiger partial charge in [-0.3, -0.25) is 0 Å². The molecule has 0 amide bonds. The largest absolute Gasteiger partial charge is 0.461 e. The first-order chi connectivity index (χ1) is 12.8. The molecule has 1 nitrogen and oxygen atoms in total. The predicted octanol–water partition coefficient (Wildman–Crippen LogP) is 8.09. The summed E-state index contributed by atoms with van der Waals surface area (Å²) in [4.78, 5) is 0. The molecule has 1 aromatic carbocycles. The summed E-state index contributed by atoms with van der Waals surface area (Å²) in [5, 5.41) is 1.27. The molecule has 2 aromatic rings.